The summed E-state index contributed by atoms with van der Waals surface area (Å²) in [5.74, 6) is -0.801. The molecule has 0 aromatic heterocycles. The van der Waals surface area contributed by atoms with Crippen LogP contribution in [0.4, 0.5) is 0 Å². The second-order valence-electron chi connectivity index (χ2n) is 5.78. The van der Waals surface area contributed by atoms with Gasteiger partial charge >= 0.3 is 0 Å². The first-order valence-corrected chi connectivity index (χ1v) is 7.34. The summed E-state index contributed by atoms with van der Waals surface area (Å²) < 4.78 is 5.33. The molecule has 0 saturated heterocycles. The van der Waals surface area contributed by atoms with Crippen LogP contribution in [0.3, 0.4) is 0 Å². The van der Waals surface area contributed by atoms with E-state index >= 15 is 0 Å². The molecule has 0 heterocycles. The first-order chi connectivity index (χ1) is 10.8. The van der Waals surface area contributed by atoms with E-state index in [2.05, 4.69) is 0 Å². The summed E-state index contributed by atoms with van der Waals surface area (Å²) in [5, 5.41) is 85.6. The highest BCUT2D eigenvalue weighted by molar-refractivity contribution is 4.95. The van der Waals surface area contributed by atoms with Gasteiger partial charge in [0.1, 0.15) is 36.6 Å². The first kappa shape index (κ1) is 20.6. The largest absolute Gasteiger partial charge is 0.396 e. The van der Waals surface area contributed by atoms with Crippen LogP contribution in [0.25, 0.3) is 0 Å². The van der Waals surface area contributed by atoms with Crippen LogP contribution in [-0.4, -0.2) is 115 Å². The van der Waals surface area contributed by atoms with Crippen molar-refractivity contribution < 1.29 is 50.7 Å². The van der Waals surface area contributed by atoms with Crippen LogP contribution in [0.2, 0.25) is 0 Å². The van der Waals surface area contributed by atoms with Crippen molar-refractivity contribution in [2.24, 2.45) is 5.92 Å². The molecule has 0 spiro atoms. The van der Waals surface area contributed by atoms with E-state index in [-0.39, 0.29) is 6.42 Å². The van der Waals surface area contributed by atoms with Crippen molar-refractivity contribution >= 4 is 0 Å². The minimum Gasteiger partial charge on any atom is -0.396 e. The van der Waals surface area contributed by atoms with Crippen molar-refractivity contribution in [3.05, 3.63) is 0 Å². The minimum atomic E-state index is -1.77. The van der Waals surface area contributed by atoms with E-state index in [1.165, 1.54) is 0 Å². The van der Waals surface area contributed by atoms with Gasteiger partial charge in [-0.1, -0.05) is 0 Å². The van der Waals surface area contributed by atoms with E-state index in [1.54, 1.807) is 0 Å². The van der Waals surface area contributed by atoms with Crippen LogP contribution >= 0.6 is 0 Å². The Kier molecular flexibility index (Phi) is 8.24. The van der Waals surface area contributed by atoms with Crippen LogP contribution in [0, 0.1) is 5.92 Å². The quantitative estimate of drug-likeness (QED) is 0.206. The number of hydrogen-bond acceptors (Lipinski definition) is 10. The fourth-order valence-electron chi connectivity index (χ4n) is 2.63. The van der Waals surface area contributed by atoms with Gasteiger partial charge in [0.15, 0.2) is 0 Å². The fourth-order valence-corrected chi connectivity index (χ4v) is 2.63. The van der Waals surface area contributed by atoms with Crippen LogP contribution in [0.15, 0.2) is 0 Å². The van der Waals surface area contributed by atoms with Crippen LogP contribution in [0.5, 0.6) is 0 Å². The fraction of sp³-hybridized carbons (Fsp3) is 1.00. The highest BCUT2D eigenvalue weighted by Crippen LogP contribution is 2.29. The van der Waals surface area contributed by atoms with Crippen molar-refractivity contribution in [1.29, 1.82) is 0 Å². The van der Waals surface area contributed by atoms with E-state index in [0.29, 0.717) is 0 Å². The van der Waals surface area contributed by atoms with Crippen LogP contribution < -0.4 is 0 Å². The van der Waals surface area contributed by atoms with Gasteiger partial charge in [-0.05, 0) is 6.42 Å². The summed E-state index contributed by atoms with van der Waals surface area (Å²) in [4.78, 5) is 0. The third-order valence-corrected chi connectivity index (χ3v) is 4.15. The number of aliphatic hydroxyl groups is 9. The highest BCUT2D eigenvalue weighted by atomic mass is 16.5. The second kappa shape index (κ2) is 9.18. The van der Waals surface area contributed by atoms with Gasteiger partial charge < -0.3 is 50.7 Å². The van der Waals surface area contributed by atoms with Crippen LogP contribution in [-0.2, 0) is 4.74 Å². The zero-order valence-corrected chi connectivity index (χ0v) is 12.5. The van der Waals surface area contributed by atoms with Crippen molar-refractivity contribution in [2.75, 3.05) is 19.8 Å². The van der Waals surface area contributed by atoms with Crippen molar-refractivity contribution in [3.63, 3.8) is 0 Å². The second-order valence-corrected chi connectivity index (χ2v) is 5.78. The molecule has 1 rings (SSSR count). The Hall–Kier alpha value is -0.400. The normalized spacial score (nSPS) is 37.2. The molecule has 1 saturated carbocycles. The van der Waals surface area contributed by atoms with Gasteiger partial charge in [-0.3, -0.25) is 0 Å². The van der Waals surface area contributed by atoms with E-state index in [1.807, 2.05) is 0 Å². The molecule has 1 aliphatic rings. The highest BCUT2D eigenvalue weighted by Gasteiger charge is 2.45. The van der Waals surface area contributed by atoms with E-state index in [9.17, 15) is 35.7 Å². The summed E-state index contributed by atoms with van der Waals surface area (Å²) in [6, 6.07) is 0. The molecule has 0 amide bonds. The summed E-state index contributed by atoms with van der Waals surface area (Å²) >= 11 is 0. The molecule has 23 heavy (non-hydrogen) atoms. The third kappa shape index (κ3) is 4.79. The van der Waals surface area contributed by atoms with Crippen molar-refractivity contribution in [2.45, 2.75) is 55.3 Å². The van der Waals surface area contributed by atoms with Gasteiger partial charge in [0.25, 0.3) is 0 Å². The van der Waals surface area contributed by atoms with Gasteiger partial charge in [-0.25, -0.2) is 0 Å². The maximum atomic E-state index is 9.95. The summed E-state index contributed by atoms with van der Waals surface area (Å²) in [6.07, 6.45) is -12.5. The molecule has 0 unspecified atom stereocenters. The summed E-state index contributed by atoms with van der Waals surface area (Å²) in [5.41, 5.74) is 0. The predicted molar refractivity (Wildman–Crippen MR) is 74.1 cm³/mol. The summed E-state index contributed by atoms with van der Waals surface area (Å²) in [7, 11) is 0. The molecule has 1 aliphatic carbocycles. The smallest absolute Gasteiger partial charge is 0.115 e. The molecule has 138 valence electrons. The lowest BCUT2D eigenvalue weighted by molar-refractivity contribution is -0.226. The Morgan fingerprint density at radius 2 is 1.39 bits per heavy atom. The number of rotatable bonds is 8. The molecule has 10 heteroatoms. The number of aliphatic hydroxyl groups excluding tert-OH is 9. The third-order valence-electron chi connectivity index (χ3n) is 4.15. The number of ether oxygens (including phenoxy) is 1. The molecule has 0 radical (unpaired) electrons. The first-order valence-electron chi connectivity index (χ1n) is 7.34. The average Bonchev–Trinajstić information content (AvgIpc) is 2.57. The average molecular weight is 342 g/mol. The van der Waals surface area contributed by atoms with Gasteiger partial charge in [0.2, 0.25) is 0 Å². The molecule has 0 bridgehead atoms. The lowest BCUT2D eigenvalue weighted by atomic mass is 9.81. The van der Waals surface area contributed by atoms with Crippen molar-refractivity contribution in [1.82, 2.24) is 0 Å². The standard InChI is InChI=1S/C13H26O10/c14-2-5-1-8(11(21)12(22)9(5)19)23-13(7(18)4-16)10(20)6(17)3-15/h5-22H,1-4H2/t5-,6-,7-,8-,9+,10+,11+,12+,13-/m1/s1. The molecular formula is C13H26O10. The molecule has 10 nitrogen and oxygen atoms in total. The Labute approximate surface area is 132 Å². The van der Waals surface area contributed by atoms with Gasteiger partial charge in [-0.15, -0.1) is 0 Å². The molecule has 1 fully saturated rings. The lowest BCUT2D eigenvalue weighted by Crippen LogP contribution is -2.58. The van der Waals surface area contributed by atoms with Crippen molar-refractivity contribution in [3.8, 4) is 0 Å². The molecule has 0 aliphatic heterocycles. The van der Waals surface area contributed by atoms with Crippen LogP contribution in [0.1, 0.15) is 6.42 Å². The van der Waals surface area contributed by atoms with E-state index in [0.717, 1.165) is 0 Å². The maximum Gasteiger partial charge on any atom is 0.115 e. The predicted octanol–water partition coefficient (Wildman–Crippen LogP) is -5.10. The topological polar surface area (TPSA) is 191 Å². The summed E-state index contributed by atoms with van der Waals surface area (Å²) in [6.45, 7) is -2.13. The Morgan fingerprint density at radius 1 is 0.826 bits per heavy atom. The maximum absolute atomic E-state index is 9.95. The lowest BCUT2D eigenvalue weighted by Gasteiger charge is -2.42. The monoisotopic (exact) mass is 342 g/mol. The van der Waals surface area contributed by atoms with E-state index in [4.69, 9.17) is 14.9 Å². The van der Waals surface area contributed by atoms with Gasteiger partial charge in [0.05, 0.1) is 25.4 Å². The zero-order chi connectivity index (χ0) is 17.7. The SMILES string of the molecule is OC[C@H]1C[C@@H](O[C@@H]([C@@H](O)[C@H](O)CO)[C@H](O)CO)[C@H](O)[C@@H](O)[C@H]1O. The molecule has 0 aromatic carbocycles. The Morgan fingerprint density at radius 3 is 1.87 bits per heavy atom. The molecule has 9 atom stereocenters. The van der Waals surface area contributed by atoms with Gasteiger partial charge in [-0.2, -0.15) is 0 Å². The molecule has 0 aromatic rings. The van der Waals surface area contributed by atoms with E-state index < -0.39 is 74.6 Å². The van der Waals surface area contributed by atoms with Gasteiger partial charge in [0, 0.05) is 12.5 Å². The number of hydrogen-bond donors (Lipinski definition) is 9. The minimum absolute atomic E-state index is 0.0908. The Balaban J connectivity index is 2.89. The molecule has 9 N–H and O–H groups in total. The Bertz CT molecular complexity index is 341. The molecular weight excluding hydrogens is 316 g/mol. The zero-order valence-electron chi connectivity index (χ0n) is 12.5.